The Kier molecular flexibility index (Phi) is 5.94. The number of hydrogen-bond acceptors (Lipinski definition) is 4. The third kappa shape index (κ3) is 5.84. The van der Waals surface area contributed by atoms with Crippen molar-refractivity contribution >= 4 is 17.3 Å². The summed E-state index contributed by atoms with van der Waals surface area (Å²) in [5.74, 6) is 0.607. The molecule has 0 saturated heterocycles. The molecule has 0 bridgehead atoms. The first-order chi connectivity index (χ1) is 13.4. The molecule has 0 aliphatic carbocycles. The zero-order chi connectivity index (χ0) is 20.0. The van der Waals surface area contributed by atoms with Gasteiger partial charge in [0.25, 0.3) is 5.91 Å². The normalized spacial score (nSPS) is 11.0. The van der Waals surface area contributed by atoms with Gasteiger partial charge in [0.1, 0.15) is 18.1 Å². The second-order valence-corrected chi connectivity index (χ2v) is 7.56. The highest BCUT2D eigenvalue weighted by Gasteiger charge is 2.16. The van der Waals surface area contributed by atoms with Crippen LogP contribution in [0.1, 0.15) is 36.8 Å². The number of ether oxygens (including phenoxy) is 1. The lowest BCUT2D eigenvalue weighted by Crippen LogP contribution is -2.40. The highest BCUT2D eigenvalue weighted by molar-refractivity contribution is 5.93. The van der Waals surface area contributed by atoms with Crippen LogP contribution in [-0.2, 0) is 6.61 Å². The third-order valence-electron chi connectivity index (χ3n) is 3.87. The molecule has 5 heteroatoms. The fraction of sp³-hybridized carbons (Fsp3) is 0.217. The van der Waals surface area contributed by atoms with Gasteiger partial charge in [0, 0.05) is 23.1 Å². The minimum absolute atomic E-state index is 0.194. The molecule has 0 radical (unpaired) electrons. The molecule has 0 fully saturated rings. The number of nitrogens with one attached hydrogen (secondary N) is 2. The van der Waals surface area contributed by atoms with E-state index in [4.69, 9.17) is 4.74 Å². The number of anilines is 2. The number of rotatable bonds is 6. The lowest BCUT2D eigenvalue weighted by atomic mass is 10.1. The van der Waals surface area contributed by atoms with E-state index in [2.05, 4.69) is 15.6 Å². The number of nitrogens with zero attached hydrogens (tertiary/aromatic N) is 1. The van der Waals surface area contributed by atoms with Crippen LogP contribution in [0.3, 0.4) is 0 Å². The molecule has 0 saturated carbocycles. The Morgan fingerprint density at radius 1 is 0.964 bits per heavy atom. The molecule has 0 aliphatic heterocycles. The Morgan fingerprint density at radius 3 is 2.36 bits per heavy atom. The summed E-state index contributed by atoms with van der Waals surface area (Å²) in [4.78, 5) is 16.4. The van der Waals surface area contributed by atoms with Crippen LogP contribution < -0.4 is 15.4 Å². The fourth-order valence-electron chi connectivity index (χ4n) is 2.58. The van der Waals surface area contributed by atoms with Gasteiger partial charge in [0.05, 0.1) is 0 Å². The highest BCUT2D eigenvalue weighted by Crippen LogP contribution is 2.21. The highest BCUT2D eigenvalue weighted by atomic mass is 16.5. The van der Waals surface area contributed by atoms with Crippen molar-refractivity contribution in [2.24, 2.45) is 0 Å². The van der Waals surface area contributed by atoms with Crippen LogP contribution in [0.25, 0.3) is 0 Å². The van der Waals surface area contributed by atoms with Crippen LogP contribution in [0.4, 0.5) is 11.4 Å². The number of benzene rings is 2. The van der Waals surface area contributed by atoms with Gasteiger partial charge in [-0.1, -0.05) is 30.3 Å². The second kappa shape index (κ2) is 8.57. The van der Waals surface area contributed by atoms with E-state index >= 15 is 0 Å². The predicted molar refractivity (Wildman–Crippen MR) is 112 cm³/mol. The largest absolute Gasteiger partial charge is 0.489 e. The summed E-state index contributed by atoms with van der Waals surface area (Å²) in [5.41, 5.74) is 2.90. The number of pyridine rings is 1. The molecule has 1 heterocycles. The number of amides is 1. The van der Waals surface area contributed by atoms with Crippen LogP contribution >= 0.6 is 0 Å². The average molecular weight is 375 g/mol. The van der Waals surface area contributed by atoms with Crippen molar-refractivity contribution in [3.05, 3.63) is 84.2 Å². The SMILES string of the molecule is CC(C)(C)NC(=O)c1cc(Nc2ccc(OCc3ccccc3)cc2)ccn1. The van der Waals surface area contributed by atoms with Crippen molar-refractivity contribution < 1.29 is 9.53 Å². The Morgan fingerprint density at radius 2 is 1.68 bits per heavy atom. The summed E-state index contributed by atoms with van der Waals surface area (Å²) < 4.78 is 5.80. The molecular weight excluding hydrogens is 350 g/mol. The predicted octanol–water partition coefficient (Wildman–Crippen LogP) is 4.93. The summed E-state index contributed by atoms with van der Waals surface area (Å²) in [6, 6.07) is 21.3. The lowest BCUT2D eigenvalue weighted by molar-refractivity contribution is 0.0914. The number of hydrogen-bond donors (Lipinski definition) is 2. The topological polar surface area (TPSA) is 63.2 Å². The zero-order valence-electron chi connectivity index (χ0n) is 16.4. The van der Waals surface area contributed by atoms with Crippen molar-refractivity contribution in [3.8, 4) is 5.75 Å². The monoisotopic (exact) mass is 375 g/mol. The first kappa shape index (κ1) is 19.4. The van der Waals surface area contributed by atoms with Gasteiger partial charge in [-0.25, -0.2) is 0 Å². The Bertz CT molecular complexity index is 917. The summed E-state index contributed by atoms with van der Waals surface area (Å²) >= 11 is 0. The van der Waals surface area contributed by atoms with Crippen molar-refractivity contribution in [1.82, 2.24) is 10.3 Å². The van der Waals surface area contributed by atoms with E-state index in [1.165, 1.54) is 0 Å². The molecule has 5 nitrogen and oxygen atoms in total. The maximum Gasteiger partial charge on any atom is 0.270 e. The van der Waals surface area contributed by atoms with Crippen molar-refractivity contribution in [2.45, 2.75) is 32.9 Å². The van der Waals surface area contributed by atoms with E-state index in [1.54, 1.807) is 12.3 Å². The summed E-state index contributed by atoms with van der Waals surface area (Å²) in [6.45, 7) is 6.35. The molecule has 0 atom stereocenters. The van der Waals surface area contributed by atoms with Gasteiger partial charge in [-0.05, 0) is 62.7 Å². The molecule has 0 aliphatic rings. The summed E-state index contributed by atoms with van der Waals surface area (Å²) in [5, 5.41) is 6.20. The summed E-state index contributed by atoms with van der Waals surface area (Å²) in [6.07, 6.45) is 1.62. The van der Waals surface area contributed by atoms with E-state index in [-0.39, 0.29) is 11.4 Å². The molecule has 3 aromatic rings. The fourth-order valence-corrected chi connectivity index (χ4v) is 2.58. The van der Waals surface area contributed by atoms with E-state index in [1.807, 2.05) is 81.4 Å². The van der Waals surface area contributed by atoms with Crippen LogP contribution in [0.5, 0.6) is 5.75 Å². The van der Waals surface area contributed by atoms with Crippen LogP contribution in [0.2, 0.25) is 0 Å². The first-order valence-corrected chi connectivity index (χ1v) is 9.21. The van der Waals surface area contributed by atoms with Gasteiger partial charge in [-0.3, -0.25) is 9.78 Å². The molecule has 0 spiro atoms. The molecule has 2 aromatic carbocycles. The van der Waals surface area contributed by atoms with Gasteiger partial charge in [-0.15, -0.1) is 0 Å². The smallest absolute Gasteiger partial charge is 0.270 e. The van der Waals surface area contributed by atoms with E-state index in [0.717, 1.165) is 22.7 Å². The van der Waals surface area contributed by atoms with E-state index in [0.29, 0.717) is 12.3 Å². The molecule has 1 aromatic heterocycles. The molecular formula is C23H25N3O2. The Labute approximate surface area is 165 Å². The van der Waals surface area contributed by atoms with Gasteiger partial charge in [-0.2, -0.15) is 0 Å². The van der Waals surface area contributed by atoms with Gasteiger partial charge < -0.3 is 15.4 Å². The molecule has 28 heavy (non-hydrogen) atoms. The third-order valence-corrected chi connectivity index (χ3v) is 3.87. The maximum absolute atomic E-state index is 12.3. The van der Waals surface area contributed by atoms with E-state index < -0.39 is 0 Å². The van der Waals surface area contributed by atoms with Crippen molar-refractivity contribution in [2.75, 3.05) is 5.32 Å². The Balaban J connectivity index is 1.61. The maximum atomic E-state index is 12.3. The quantitative estimate of drug-likeness (QED) is 0.641. The van der Waals surface area contributed by atoms with Crippen LogP contribution in [0, 0.1) is 0 Å². The van der Waals surface area contributed by atoms with Crippen molar-refractivity contribution in [3.63, 3.8) is 0 Å². The number of carbonyl (C=O) groups excluding carboxylic acids is 1. The van der Waals surface area contributed by atoms with Crippen LogP contribution in [-0.4, -0.2) is 16.4 Å². The van der Waals surface area contributed by atoms with E-state index in [9.17, 15) is 4.79 Å². The van der Waals surface area contributed by atoms with Gasteiger partial charge in [0.2, 0.25) is 0 Å². The number of carbonyl (C=O) groups is 1. The molecule has 0 unspecified atom stereocenters. The van der Waals surface area contributed by atoms with Gasteiger partial charge >= 0.3 is 0 Å². The standard InChI is InChI=1S/C23H25N3O2/c1-23(2,3)26-22(27)21-15-19(13-14-24-21)25-18-9-11-20(12-10-18)28-16-17-7-5-4-6-8-17/h4-15H,16H2,1-3H3,(H,24,25)(H,26,27). The lowest BCUT2D eigenvalue weighted by Gasteiger charge is -2.20. The molecule has 1 amide bonds. The second-order valence-electron chi connectivity index (χ2n) is 7.56. The average Bonchev–Trinajstić information content (AvgIpc) is 2.67. The minimum Gasteiger partial charge on any atom is -0.489 e. The van der Waals surface area contributed by atoms with Crippen molar-refractivity contribution in [1.29, 1.82) is 0 Å². The minimum atomic E-state index is -0.308. The zero-order valence-corrected chi connectivity index (χ0v) is 16.4. The molecule has 2 N–H and O–H groups in total. The summed E-state index contributed by atoms with van der Waals surface area (Å²) in [7, 11) is 0. The molecule has 144 valence electrons. The first-order valence-electron chi connectivity index (χ1n) is 9.21. The number of aromatic nitrogens is 1. The van der Waals surface area contributed by atoms with Gasteiger partial charge in [0.15, 0.2) is 0 Å². The van der Waals surface area contributed by atoms with Crippen LogP contribution in [0.15, 0.2) is 72.9 Å². The Hall–Kier alpha value is -3.34. The molecule has 3 rings (SSSR count).